The summed E-state index contributed by atoms with van der Waals surface area (Å²) < 4.78 is 11.7. The van der Waals surface area contributed by atoms with Gasteiger partial charge in [0.2, 0.25) is 0 Å². The van der Waals surface area contributed by atoms with E-state index in [4.69, 9.17) is 14.9 Å². The molecule has 2 aliphatic heterocycles. The highest BCUT2D eigenvalue weighted by molar-refractivity contribution is 6.11. The Morgan fingerprint density at radius 3 is 2.91 bits per heavy atom. The fourth-order valence-corrected chi connectivity index (χ4v) is 5.41. The lowest BCUT2D eigenvalue weighted by Crippen LogP contribution is -2.37. The molecule has 1 aromatic heterocycles. The summed E-state index contributed by atoms with van der Waals surface area (Å²) in [6.07, 6.45) is 6.85. The molecular weight excluding hydrogens is 400 g/mol. The largest absolute Gasteiger partial charge is 0.494 e. The summed E-state index contributed by atoms with van der Waals surface area (Å²) in [7, 11) is 0. The Bertz CT molecular complexity index is 1120. The van der Waals surface area contributed by atoms with Gasteiger partial charge in [0.05, 0.1) is 6.61 Å². The minimum Gasteiger partial charge on any atom is -0.494 e. The topological polar surface area (TPSA) is 68.7 Å². The van der Waals surface area contributed by atoms with Crippen molar-refractivity contribution in [3.63, 3.8) is 0 Å². The Morgan fingerprint density at radius 2 is 2.03 bits per heavy atom. The average molecular weight is 433 g/mol. The van der Waals surface area contributed by atoms with Gasteiger partial charge >= 0.3 is 0 Å². The molecule has 0 radical (unpaired) electrons. The zero-order valence-electron chi connectivity index (χ0n) is 18.8. The third-order valence-electron chi connectivity index (χ3n) is 7.11. The Labute approximate surface area is 189 Å². The lowest BCUT2D eigenvalue weighted by atomic mass is 9.84. The van der Waals surface area contributed by atoms with Crippen molar-refractivity contribution in [3.8, 4) is 5.75 Å². The quantitative estimate of drug-likeness (QED) is 0.379. The van der Waals surface area contributed by atoms with Crippen LogP contribution in [0.15, 0.2) is 46.9 Å². The van der Waals surface area contributed by atoms with Gasteiger partial charge in [0.1, 0.15) is 11.3 Å². The van der Waals surface area contributed by atoms with Gasteiger partial charge in [0.25, 0.3) is 0 Å². The zero-order chi connectivity index (χ0) is 22.1. The number of furan rings is 1. The summed E-state index contributed by atoms with van der Waals surface area (Å²) in [6.45, 7) is 5.13. The van der Waals surface area contributed by atoms with Crippen molar-refractivity contribution in [1.29, 1.82) is 0 Å². The summed E-state index contributed by atoms with van der Waals surface area (Å²) >= 11 is 0. The average Bonchev–Trinajstić information content (AvgIpc) is 3.41. The van der Waals surface area contributed by atoms with Crippen molar-refractivity contribution < 1.29 is 13.9 Å². The van der Waals surface area contributed by atoms with Crippen molar-refractivity contribution in [3.05, 3.63) is 59.2 Å². The number of piperidine rings is 1. The summed E-state index contributed by atoms with van der Waals surface area (Å²) in [5, 5.41) is 0.986. The van der Waals surface area contributed by atoms with Crippen LogP contribution in [0.2, 0.25) is 0 Å². The van der Waals surface area contributed by atoms with E-state index >= 15 is 0 Å². The molecule has 168 valence electrons. The van der Waals surface area contributed by atoms with Gasteiger partial charge in [0, 0.05) is 28.1 Å². The number of anilines is 1. The van der Waals surface area contributed by atoms with Crippen LogP contribution in [0, 0.1) is 0 Å². The SMILES string of the molecule is CCCCOc1cccc(C(=O)c2ccc3oc(N)c(C4CCN5CCCC5C4)c3c2)c1. The van der Waals surface area contributed by atoms with Crippen LogP contribution in [0.1, 0.15) is 72.9 Å². The van der Waals surface area contributed by atoms with Crippen LogP contribution in [-0.4, -0.2) is 36.4 Å². The van der Waals surface area contributed by atoms with Gasteiger partial charge in [-0.25, -0.2) is 0 Å². The van der Waals surface area contributed by atoms with E-state index < -0.39 is 0 Å². The van der Waals surface area contributed by atoms with Gasteiger partial charge in [-0.2, -0.15) is 0 Å². The molecule has 2 fully saturated rings. The molecule has 0 saturated carbocycles. The molecule has 2 saturated heterocycles. The maximum atomic E-state index is 13.3. The molecule has 2 aliphatic rings. The molecule has 0 amide bonds. The number of ketones is 1. The number of benzene rings is 2. The van der Waals surface area contributed by atoms with E-state index in [0.29, 0.717) is 35.6 Å². The van der Waals surface area contributed by atoms with Crippen molar-refractivity contribution in [2.24, 2.45) is 0 Å². The van der Waals surface area contributed by atoms with Gasteiger partial charge in [-0.1, -0.05) is 25.5 Å². The highest BCUT2D eigenvalue weighted by atomic mass is 16.5. The molecule has 2 atom stereocenters. The standard InChI is InChI=1S/C27H32N2O3/c1-2-3-14-31-22-8-4-6-19(16-22)26(30)20-9-10-24-23(17-20)25(27(28)32-24)18-11-13-29-12-5-7-21(29)15-18/h4,6,8-10,16-18,21H,2-3,5,7,11-15,28H2,1H3. The van der Waals surface area contributed by atoms with E-state index in [9.17, 15) is 4.79 Å². The number of fused-ring (bicyclic) bond motifs is 2. The van der Waals surface area contributed by atoms with Crippen LogP contribution in [0.25, 0.3) is 11.0 Å². The first-order valence-electron chi connectivity index (χ1n) is 12.0. The van der Waals surface area contributed by atoms with Gasteiger partial charge < -0.3 is 19.8 Å². The van der Waals surface area contributed by atoms with Crippen LogP contribution in [0.4, 0.5) is 5.88 Å². The maximum Gasteiger partial charge on any atom is 0.195 e. The summed E-state index contributed by atoms with van der Waals surface area (Å²) in [6, 6.07) is 13.8. The van der Waals surface area contributed by atoms with Gasteiger partial charge in [-0.15, -0.1) is 0 Å². The molecular formula is C27H32N2O3. The second-order valence-electron chi connectivity index (χ2n) is 9.20. The molecule has 3 aromatic rings. The predicted octanol–water partition coefficient (Wildman–Crippen LogP) is 5.77. The normalized spacial score (nSPS) is 21.0. The highest BCUT2D eigenvalue weighted by Crippen LogP contribution is 2.43. The summed E-state index contributed by atoms with van der Waals surface area (Å²) in [5.41, 5.74) is 9.50. The predicted molar refractivity (Wildman–Crippen MR) is 127 cm³/mol. The number of hydrogen-bond donors (Lipinski definition) is 1. The minimum absolute atomic E-state index is 0.0100. The highest BCUT2D eigenvalue weighted by Gasteiger charge is 2.34. The minimum atomic E-state index is -0.0100. The molecule has 2 unspecified atom stereocenters. The third kappa shape index (κ3) is 4.02. The molecule has 3 heterocycles. The van der Waals surface area contributed by atoms with E-state index in [-0.39, 0.29) is 5.78 Å². The number of carbonyl (C=O) groups excluding carboxylic acids is 1. The van der Waals surface area contributed by atoms with Crippen LogP contribution in [0.5, 0.6) is 5.75 Å². The molecule has 2 aromatic carbocycles. The number of ether oxygens (including phenoxy) is 1. The second-order valence-corrected chi connectivity index (χ2v) is 9.20. The first-order chi connectivity index (χ1) is 15.6. The van der Waals surface area contributed by atoms with Gasteiger partial charge in [-0.05, 0) is 81.4 Å². The van der Waals surface area contributed by atoms with Crippen molar-refractivity contribution in [2.75, 3.05) is 25.4 Å². The van der Waals surface area contributed by atoms with Crippen molar-refractivity contribution in [1.82, 2.24) is 4.90 Å². The molecule has 5 nitrogen and oxygen atoms in total. The van der Waals surface area contributed by atoms with Crippen LogP contribution in [-0.2, 0) is 0 Å². The van der Waals surface area contributed by atoms with E-state index in [2.05, 4.69) is 11.8 Å². The van der Waals surface area contributed by atoms with Crippen LogP contribution < -0.4 is 10.5 Å². The van der Waals surface area contributed by atoms with Crippen molar-refractivity contribution in [2.45, 2.75) is 57.4 Å². The third-order valence-corrected chi connectivity index (χ3v) is 7.11. The van der Waals surface area contributed by atoms with E-state index in [0.717, 1.165) is 54.5 Å². The molecule has 5 heteroatoms. The number of hydrogen-bond acceptors (Lipinski definition) is 5. The number of nitrogens with two attached hydrogens (primary N) is 1. The number of unbranched alkanes of at least 4 members (excludes halogenated alkanes) is 1. The fraction of sp³-hybridized carbons (Fsp3) is 0.444. The van der Waals surface area contributed by atoms with Gasteiger partial charge in [-0.3, -0.25) is 4.79 Å². The number of rotatable bonds is 7. The molecule has 32 heavy (non-hydrogen) atoms. The lowest BCUT2D eigenvalue weighted by Gasteiger charge is -2.34. The van der Waals surface area contributed by atoms with E-state index in [1.807, 2.05) is 42.5 Å². The van der Waals surface area contributed by atoms with Crippen LogP contribution >= 0.6 is 0 Å². The number of nitrogens with zero attached hydrogens (tertiary/aromatic N) is 1. The Balaban J connectivity index is 1.43. The first-order valence-corrected chi connectivity index (χ1v) is 12.0. The Kier molecular flexibility index (Phi) is 5.92. The van der Waals surface area contributed by atoms with E-state index in [1.54, 1.807) is 0 Å². The second kappa shape index (κ2) is 8.99. The Hall–Kier alpha value is -2.79. The van der Waals surface area contributed by atoms with E-state index in [1.165, 1.54) is 19.4 Å². The maximum absolute atomic E-state index is 13.3. The number of nitrogen functional groups attached to an aromatic ring is 1. The molecule has 0 aliphatic carbocycles. The monoisotopic (exact) mass is 432 g/mol. The lowest BCUT2D eigenvalue weighted by molar-refractivity contribution is 0.103. The van der Waals surface area contributed by atoms with Crippen molar-refractivity contribution >= 4 is 22.6 Å². The Morgan fingerprint density at radius 1 is 1.16 bits per heavy atom. The molecule has 5 rings (SSSR count). The molecule has 0 spiro atoms. The fourth-order valence-electron chi connectivity index (χ4n) is 5.41. The number of carbonyl (C=O) groups is 1. The first kappa shape index (κ1) is 21.1. The smallest absolute Gasteiger partial charge is 0.195 e. The summed E-state index contributed by atoms with van der Waals surface area (Å²) in [4.78, 5) is 15.9. The summed E-state index contributed by atoms with van der Waals surface area (Å²) in [5.74, 6) is 1.62. The van der Waals surface area contributed by atoms with Gasteiger partial charge in [0.15, 0.2) is 11.7 Å². The molecule has 2 N–H and O–H groups in total. The zero-order valence-corrected chi connectivity index (χ0v) is 18.8. The molecule has 0 bridgehead atoms. The van der Waals surface area contributed by atoms with Crippen LogP contribution in [0.3, 0.4) is 0 Å².